The normalized spacial score (nSPS) is 10.7. The number of carbonyl (C=O) groups excluding carboxylic acids is 1. The Balaban J connectivity index is 1.69. The van der Waals surface area contributed by atoms with Gasteiger partial charge in [0.25, 0.3) is 5.91 Å². The predicted molar refractivity (Wildman–Crippen MR) is 119 cm³/mol. The number of amides is 1. The van der Waals surface area contributed by atoms with Crippen molar-refractivity contribution in [2.75, 3.05) is 39.7 Å². The SMILES string of the molecule is COc1ccc(NC(=O)c2ccc(-c3ccc(O)cc3)cc2)cc1OCCN(C)C. The van der Waals surface area contributed by atoms with Crippen molar-refractivity contribution in [2.45, 2.75) is 0 Å². The average molecular weight is 406 g/mol. The van der Waals surface area contributed by atoms with E-state index in [1.54, 1.807) is 49.6 Å². The lowest BCUT2D eigenvalue weighted by atomic mass is 10.0. The molecule has 0 unspecified atom stereocenters. The van der Waals surface area contributed by atoms with Crippen molar-refractivity contribution in [2.24, 2.45) is 0 Å². The Morgan fingerprint density at radius 3 is 2.17 bits per heavy atom. The van der Waals surface area contributed by atoms with Crippen LogP contribution in [0.5, 0.6) is 17.2 Å². The summed E-state index contributed by atoms with van der Waals surface area (Å²) in [5, 5.41) is 12.3. The van der Waals surface area contributed by atoms with E-state index < -0.39 is 0 Å². The molecule has 0 bridgehead atoms. The maximum Gasteiger partial charge on any atom is 0.255 e. The first-order valence-corrected chi connectivity index (χ1v) is 9.62. The second-order valence-electron chi connectivity index (χ2n) is 7.10. The van der Waals surface area contributed by atoms with Gasteiger partial charge in [0.15, 0.2) is 11.5 Å². The lowest BCUT2D eigenvalue weighted by Crippen LogP contribution is -2.19. The van der Waals surface area contributed by atoms with E-state index in [0.717, 1.165) is 17.7 Å². The Bertz CT molecular complexity index is 983. The van der Waals surface area contributed by atoms with Gasteiger partial charge in [-0.2, -0.15) is 0 Å². The third kappa shape index (κ3) is 5.52. The summed E-state index contributed by atoms with van der Waals surface area (Å²) in [6.07, 6.45) is 0. The van der Waals surface area contributed by atoms with Crippen LogP contribution in [-0.2, 0) is 0 Å². The summed E-state index contributed by atoms with van der Waals surface area (Å²) in [6.45, 7) is 1.28. The van der Waals surface area contributed by atoms with Crippen molar-refractivity contribution < 1.29 is 19.4 Å². The molecule has 0 fully saturated rings. The molecule has 156 valence electrons. The van der Waals surface area contributed by atoms with E-state index in [1.807, 2.05) is 43.3 Å². The molecule has 0 aliphatic carbocycles. The van der Waals surface area contributed by atoms with Crippen LogP contribution in [0.25, 0.3) is 11.1 Å². The van der Waals surface area contributed by atoms with E-state index in [2.05, 4.69) is 5.32 Å². The molecule has 3 aromatic rings. The highest BCUT2D eigenvalue weighted by Gasteiger charge is 2.11. The van der Waals surface area contributed by atoms with Crippen LogP contribution >= 0.6 is 0 Å². The van der Waals surface area contributed by atoms with Gasteiger partial charge in [-0.3, -0.25) is 4.79 Å². The Labute approximate surface area is 176 Å². The van der Waals surface area contributed by atoms with Crippen LogP contribution in [0.15, 0.2) is 66.7 Å². The van der Waals surface area contributed by atoms with Gasteiger partial charge in [0.05, 0.1) is 7.11 Å². The molecule has 0 radical (unpaired) electrons. The van der Waals surface area contributed by atoms with E-state index in [-0.39, 0.29) is 11.7 Å². The number of phenolic OH excluding ortho intramolecular Hbond substituents is 1. The molecule has 0 atom stereocenters. The Kier molecular flexibility index (Phi) is 6.93. The predicted octanol–water partition coefficient (Wildman–Crippen LogP) is 4.26. The molecular weight excluding hydrogens is 380 g/mol. The molecule has 0 aromatic heterocycles. The molecule has 6 heteroatoms. The maximum atomic E-state index is 12.7. The Morgan fingerprint density at radius 1 is 0.933 bits per heavy atom. The van der Waals surface area contributed by atoms with Crippen LogP contribution in [-0.4, -0.2) is 50.3 Å². The van der Waals surface area contributed by atoms with E-state index in [9.17, 15) is 9.90 Å². The molecule has 0 aliphatic rings. The van der Waals surface area contributed by atoms with Crippen molar-refractivity contribution >= 4 is 11.6 Å². The number of methoxy groups -OCH3 is 1. The highest BCUT2D eigenvalue weighted by molar-refractivity contribution is 6.04. The number of benzene rings is 3. The molecule has 6 nitrogen and oxygen atoms in total. The number of anilines is 1. The fourth-order valence-electron chi connectivity index (χ4n) is 2.88. The monoisotopic (exact) mass is 406 g/mol. The molecule has 0 aliphatic heterocycles. The van der Waals surface area contributed by atoms with E-state index in [0.29, 0.717) is 29.4 Å². The van der Waals surface area contributed by atoms with Crippen LogP contribution < -0.4 is 14.8 Å². The molecule has 0 heterocycles. The van der Waals surface area contributed by atoms with Gasteiger partial charge in [-0.05, 0) is 61.6 Å². The lowest BCUT2D eigenvalue weighted by molar-refractivity contribution is 0.102. The van der Waals surface area contributed by atoms with Crippen molar-refractivity contribution in [3.8, 4) is 28.4 Å². The number of hydrogen-bond acceptors (Lipinski definition) is 5. The molecule has 30 heavy (non-hydrogen) atoms. The van der Waals surface area contributed by atoms with E-state index in [1.165, 1.54) is 0 Å². The van der Waals surface area contributed by atoms with Crippen LogP contribution in [0.4, 0.5) is 5.69 Å². The number of ether oxygens (including phenoxy) is 2. The first-order valence-electron chi connectivity index (χ1n) is 9.62. The number of rotatable bonds is 8. The molecule has 0 saturated heterocycles. The summed E-state index contributed by atoms with van der Waals surface area (Å²) in [4.78, 5) is 14.7. The zero-order valence-corrected chi connectivity index (χ0v) is 17.4. The Hall–Kier alpha value is -3.51. The number of phenols is 1. The lowest BCUT2D eigenvalue weighted by Gasteiger charge is -2.15. The molecule has 3 aromatic carbocycles. The molecule has 0 spiro atoms. The van der Waals surface area contributed by atoms with Gasteiger partial charge in [-0.25, -0.2) is 0 Å². The summed E-state index contributed by atoms with van der Waals surface area (Å²) in [5.41, 5.74) is 3.11. The minimum atomic E-state index is -0.211. The largest absolute Gasteiger partial charge is 0.508 e. The highest BCUT2D eigenvalue weighted by atomic mass is 16.5. The third-order valence-electron chi connectivity index (χ3n) is 4.57. The minimum absolute atomic E-state index is 0.211. The van der Waals surface area contributed by atoms with Gasteiger partial charge in [0, 0.05) is 23.9 Å². The van der Waals surface area contributed by atoms with Gasteiger partial charge in [0.1, 0.15) is 12.4 Å². The van der Waals surface area contributed by atoms with Gasteiger partial charge >= 0.3 is 0 Å². The second-order valence-corrected chi connectivity index (χ2v) is 7.10. The van der Waals surface area contributed by atoms with Crippen LogP contribution in [0.2, 0.25) is 0 Å². The van der Waals surface area contributed by atoms with Crippen molar-refractivity contribution in [3.05, 3.63) is 72.3 Å². The van der Waals surface area contributed by atoms with Gasteiger partial charge in [-0.15, -0.1) is 0 Å². The summed E-state index contributed by atoms with van der Waals surface area (Å²) in [6, 6.07) is 19.6. The molecular formula is C24H26N2O4. The van der Waals surface area contributed by atoms with Gasteiger partial charge in [-0.1, -0.05) is 24.3 Å². The fraction of sp³-hybridized carbons (Fsp3) is 0.208. The fourth-order valence-corrected chi connectivity index (χ4v) is 2.88. The summed E-state index contributed by atoms with van der Waals surface area (Å²) in [5.74, 6) is 1.21. The second kappa shape index (κ2) is 9.80. The number of aromatic hydroxyl groups is 1. The summed E-state index contributed by atoms with van der Waals surface area (Å²) >= 11 is 0. The summed E-state index contributed by atoms with van der Waals surface area (Å²) < 4.78 is 11.1. The van der Waals surface area contributed by atoms with Crippen molar-refractivity contribution in [3.63, 3.8) is 0 Å². The molecule has 0 saturated carbocycles. The topological polar surface area (TPSA) is 71.0 Å². The van der Waals surface area contributed by atoms with E-state index >= 15 is 0 Å². The number of hydrogen-bond donors (Lipinski definition) is 2. The smallest absolute Gasteiger partial charge is 0.255 e. The van der Waals surface area contributed by atoms with Crippen LogP contribution in [0.3, 0.4) is 0 Å². The first kappa shape index (κ1) is 21.2. The van der Waals surface area contributed by atoms with E-state index in [4.69, 9.17) is 9.47 Å². The quantitative estimate of drug-likeness (QED) is 0.585. The zero-order chi connectivity index (χ0) is 21.5. The highest BCUT2D eigenvalue weighted by Crippen LogP contribution is 2.30. The van der Waals surface area contributed by atoms with Gasteiger partial charge in [0.2, 0.25) is 0 Å². The molecule has 1 amide bonds. The number of nitrogens with one attached hydrogen (secondary N) is 1. The van der Waals surface area contributed by atoms with Crippen LogP contribution in [0, 0.1) is 0 Å². The minimum Gasteiger partial charge on any atom is -0.508 e. The standard InChI is InChI=1S/C24H26N2O4/c1-26(2)14-15-30-23-16-20(10-13-22(23)29-3)25-24(28)19-6-4-17(5-7-19)18-8-11-21(27)12-9-18/h4-13,16,27H,14-15H2,1-3H3,(H,25,28). The summed E-state index contributed by atoms with van der Waals surface area (Å²) in [7, 11) is 5.54. The van der Waals surface area contributed by atoms with Crippen molar-refractivity contribution in [1.82, 2.24) is 4.90 Å². The zero-order valence-electron chi connectivity index (χ0n) is 17.4. The average Bonchev–Trinajstić information content (AvgIpc) is 2.74. The van der Waals surface area contributed by atoms with Gasteiger partial charge < -0.3 is 24.8 Å². The number of likely N-dealkylation sites (N-methyl/N-ethyl adjacent to an activating group) is 1. The number of nitrogens with zero attached hydrogens (tertiary/aromatic N) is 1. The van der Waals surface area contributed by atoms with Crippen LogP contribution in [0.1, 0.15) is 10.4 Å². The van der Waals surface area contributed by atoms with Crippen molar-refractivity contribution in [1.29, 1.82) is 0 Å². The molecule has 2 N–H and O–H groups in total. The third-order valence-corrected chi connectivity index (χ3v) is 4.57. The maximum absolute atomic E-state index is 12.7. The Morgan fingerprint density at radius 2 is 1.57 bits per heavy atom. The first-order chi connectivity index (χ1) is 14.5. The molecule has 3 rings (SSSR count). The number of carbonyl (C=O) groups is 1.